The Hall–Kier alpha value is -2.60. The Morgan fingerprint density at radius 1 is 1.17 bits per heavy atom. The second kappa shape index (κ2) is 7.91. The number of hydrogen-bond donors (Lipinski definition) is 1. The molecule has 11 heteroatoms. The Morgan fingerprint density at radius 3 is 2.50 bits per heavy atom. The van der Waals surface area contributed by atoms with Crippen molar-refractivity contribution in [2.24, 2.45) is 5.14 Å². The van der Waals surface area contributed by atoms with Gasteiger partial charge in [0.05, 0.1) is 26.9 Å². The predicted molar refractivity (Wildman–Crippen MR) is 116 cm³/mol. The summed E-state index contributed by atoms with van der Waals surface area (Å²) in [7, 11) is -4.09. The van der Waals surface area contributed by atoms with Crippen molar-refractivity contribution >= 4 is 43.0 Å². The molecule has 3 aromatic rings. The van der Waals surface area contributed by atoms with Gasteiger partial charge in [0.1, 0.15) is 9.90 Å². The summed E-state index contributed by atoms with van der Waals surface area (Å²) >= 11 is 1.68. The molecule has 0 aliphatic carbocycles. The number of rotatable bonds is 5. The number of non-ortho nitro benzene ring substituents is 1. The minimum Gasteiger partial charge on any atom is -0.368 e. The summed E-state index contributed by atoms with van der Waals surface area (Å²) in [5.41, 5.74) is 1.09. The highest BCUT2D eigenvalue weighted by Crippen LogP contribution is 2.32. The molecule has 1 saturated heterocycles. The Bertz CT molecular complexity index is 1170. The van der Waals surface area contributed by atoms with Gasteiger partial charge in [0.15, 0.2) is 0 Å². The highest BCUT2D eigenvalue weighted by Gasteiger charge is 2.28. The first-order valence-corrected chi connectivity index (χ1v) is 11.8. The molecule has 1 atom stereocenters. The van der Waals surface area contributed by atoms with E-state index >= 15 is 0 Å². The molecule has 2 N–H and O–H groups in total. The van der Waals surface area contributed by atoms with Gasteiger partial charge in [-0.2, -0.15) is 0 Å². The Balaban J connectivity index is 1.52. The van der Waals surface area contributed by atoms with E-state index in [0.717, 1.165) is 21.3 Å². The van der Waals surface area contributed by atoms with E-state index in [1.807, 2.05) is 23.1 Å². The largest absolute Gasteiger partial charge is 0.368 e. The second-order valence-corrected chi connectivity index (χ2v) is 9.77. The molecule has 2 aromatic carbocycles. The number of nitrogens with two attached hydrogens (primary N) is 1. The smallest absolute Gasteiger partial charge is 0.270 e. The molecule has 1 fully saturated rings. The van der Waals surface area contributed by atoms with E-state index in [0.29, 0.717) is 31.9 Å². The summed E-state index contributed by atoms with van der Waals surface area (Å²) in [6, 6.07) is 12.0. The van der Waals surface area contributed by atoms with E-state index < -0.39 is 14.9 Å². The fourth-order valence-corrected chi connectivity index (χ4v) is 5.51. The van der Waals surface area contributed by atoms with Crippen LogP contribution in [0, 0.1) is 10.1 Å². The Morgan fingerprint density at radius 2 is 1.87 bits per heavy atom. The Kier molecular flexibility index (Phi) is 5.45. The van der Waals surface area contributed by atoms with Gasteiger partial charge in [-0.1, -0.05) is 12.1 Å². The van der Waals surface area contributed by atoms with Crippen LogP contribution in [-0.4, -0.2) is 49.4 Å². The third kappa shape index (κ3) is 4.01. The van der Waals surface area contributed by atoms with Crippen LogP contribution < -0.4 is 10.0 Å². The molecule has 9 nitrogen and oxygen atoms in total. The molecule has 158 valence electrons. The fourth-order valence-electron chi connectivity index (χ4n) is 3.68. The van der Waals surface area contributed by atoms with Crippen LogP contribution >= 0.6 is 11.3 Å². The zero-order chi connectivity index (χ0) is 21.5. The van der Waals surface area contributed by atoms with Gasteiger partial charge in [0, 0.05) is 38.3 Å². The minimum atomic E-state index is -4.09. The molecular weight excluding hydrogens is 426 g/mol. The first kappa shape index (κ1) is 20.7. The highest BCUT2D eigenvalue weighted by molar-refractivity contribution is 7.89. The maximum Gasteiger partial charge on any atom is 0.270 e. The maximum atomic E-state index is 12.0. The average molecular weight is 448 g/mol. The van der Waals surface area contributed by atoms with Crippen molar-refractivity contribution in [3.05, 3.63) is 57.6 Å². The van der Waals surface area contributed by atoms with Crippen LogP contribution in [0.4, 0.5) is 11.4 Å². The number of anilines is 1. The lowest BCUT2D eigenvalue weighted by molar-refractivity contribution is -0.385. The molecule has 0 saturated carbocycles. The van der Waals surface area contributed by atoms with Crippen molar-refractivity contribution < 1.29 is 13.3 Å². The number of piperazine rings is 1. The third-order valence-electron chi connectivity index (χ3n) is 5.33. The monoisotopic (exact) mass is 447 g/mol. The zero-order valence-corrected chi connectivity index (χ0v) is 17.9. The second-order valence-electron chi connectivity index (χ2n) is 7.17. The minimum absolute atomic E-state index is 0.138. The summed E-state index contributed by atoms with van der Waals surface area (Å²) in [4.78, 5) is 19.1. The maximum absolute atomic E-state index is 12.0. The molecule has 0 bridgehead atoms. The molecule has 1 aliphatic rings. The van der Waals surface area contributed by atoms with Gasteiger partial charge in [0.2, 0.25) is 10.0 Å². The van der Waals surface area contributed by atoms with Crippen LogP contribution in [0.15, 0.2) is 47.4 Å². The van der Waals surface area contributed by atoms with Gasteiger partial charge < -0.3 is 4.90 Å². The van der Waals surface area contributed by atoms with E-state index in [-0.39, 0.29) is 16.6 Å². The number of para-hydroxylation sites is 1. The van der Waals surface area contributed by atoms with Gasteiger partial charge >= 0.3 is 0 Å². The summed E-state index contributed by atoms with van der Waals surface area (Å²) in [5, 5.41) is 17.4. The summed E-state index contributed by atoms with van der Waals surface area (Å²) in [6.07, 6.45) is 0. The van der Waals surface area contributed by atoms with Crippen LogP contribution in [0.5, 0.6) is 0 Å². The van der Waals surface area contributed by atoms with Gasteiger partial charge in [-0.3, -0.25) is 15.0 Å². The van der Waals surface area contributed by atoms with Crippen molar-refractivity contribution in [2.75, 3.05) is 31.1 Å². The number of nitro benzene ring substituents is 1. The molecule has 1 aliphatic heterocycles. The molecule has 1 aromatic heterocycles. The van der Waals surface area contributed by atoms with Crippen LogP contribution in [0.25, 0.3) is 10.2 Å². The van der Waals surface area contributed by atoms with E-state index in [9.17, 15) is 18.5 Å². The third-order valence-corrected chi connectivity index (χ3v) is 7.48. The normalized spacial score (nSPS) is 16.7. The fraction of sp³-hybridized carbons (Fsp3) is 0.316. The SMILES string of the molecule is C[C@H](c1nc2ccccc2s1)N1CCN(c2ccc([N+](=O)[O-])cc2S(N)(=O)=O)CC1. The number of nitro groups is 1. The van der Waals surface area contributed by atoms with E-state index in [1.54, 1.807) is 11.3 Å². The van der Waals surface area contributed by atoms with E-state index in [4.69, 9.17) is 10.1 Å². The number of nitrogens with zero attached hydrogens (tertiary/aromatic N) is 4. The average Bonchev–Trinajstić information content (AvgIpc) is 3.16. The van der Waals surface area contributed by atoms with Crippen molar-refractivity contribution in [1.82, 2.24) is 9.88 Å². The molecule has 2 heterocycles. The lowest BCUT2D eigenvalue weighted by atomic mass is 10.2. The molecule has 0 radical (unpaired) electrons. The first-order valence-electron chi connectivity index (χ1n) is 9.40. The summed E-state index contributed by atoms with van der Waals surface area (Å²) in [5.74, 6) is 0. The molecule has 4 rings (SSSR count). The first-order chi connectivity index (χ1) is 14.2. The summed E-state index contributed by atoms with van der Waals surface area (Å²) in [6.45, 7) is 4.69. The molecule has 0 amide bonds. The van der Waals surface area contributed by atoms with Crippen molar-refractivity contribution in [2.45, 2.75) is 17.9 Å². The van der Waals surface area contributed by atoms with Crippen LogP contribution in [0.3, 0.4) is 0 Å². The lowest BCUT2D eigenvalue weighted by Crippen LogP contribution is -2.47. The number of fused-ring (bicyclic) bond motifs is 1. The van der Waals surface area contributed by atoms with Crippen LogP contribution in [0.2, 0.25) is 0 Å². The summed E-state index contributed by atoms with van der Waals surface area (Å²) < 4.78 is 25.2. The van der Waals surface area contributed by atoms with Crippen molar-refractivity contribution in [1.29, 1.82) is 0 Å². The van der Waals surface area contributed by atoms with Crippen LogP contribution in [0.1, 0.15) is 18.0 Å². The molecular formula is C19H21N5O4S2. The van der Waals surface area contributed by atoms with Gasteiger partial charge in [-0.05, 0) is 25.1 Å². The standard InChI is InChI=1S/C19H21N5O4S2/c1-13(19-21-15-4-2-3-5-17(15)29-19)22-8-10-23(11-9-22)16-7-6-14(24(25)26)12-18(16)30(20,27)28/h2-7,12-13H,8-11H2,1H3,(H2,20,27,28)/t13-/m1/s1. The lowest BCUT2D eigenvalue weighted by Gasteiger charge is -2.39. The number of aromatic nitrogens is 1. The number of hydrogen-bond acceptors (Lipinski definition) is 8. The number of primary sulfonamides is 1. The Labute approximate surface area is 177 Å². The quantitative estimate of drug-likeness (QED) is 0.471. The van der Waals surface area contributed by atoms with Crippen molar-refractivity contribution in [3.8, 4) is 0 Å². The van der Waals surface area contributed by atoms with Gasteiger partial charge in [-0.15, -0.1) is 11.3 Å². The van der Waals surface area contributed by atoms with Crippen LogP contribution in [-0.2, 0) is 10.0 Å². The molecule has 0 unspecified atom stereocenters. The topological polar surface area (TPSA) is 123 Å². The number of thiazole rings is 1. The van der Waals surface area contributed by atoms with Gasteiger partial charge in [0.25, 0.3) is 5.69 Å². The van der Waals surface area contributed by atoms with E-state index in [1.165, 1.54) is 12.1 Å². The predicted octanol–water partition coefficient (Wildman–Crippen LogP) is 2.74. The van der Waals surface area contributed by atoms with Gasteiger partial charge in [-0.25, -0.2) is 18.5 Å². The van der Waals surface area contributed by atoms with Crippen molar-refractivity contribution in [3.63, 3.8) is 0 Å². The zero-order valence-electron chi connectivity index (χ0n) is 16.3. The molecule has 0 spiro atoms. The highest BCUT2D eigenvalue weighted by atomic mass is 32.2. The number of benzene rings is 2. The number of sulfonamides is 1. The molecule has 30 heavy (non-hydrogen) atoms. The van der Waals surface area contributed by atoms with E-state index in [2.05, 4.69) is 17.9 Å².